The maximum atomic E-state index is 13.5. The van der Waals surface area contributed by atoms with E-state index < -0.39 is 17.8 Å². The van der Waals surface area contributed by atoms with Crippen molar-refractivity contribution < 1.29 is 22.7 Å². The summed E-state index contributed by atoms with van der Waals surface area (Å²) in [4.78, 5) is 11.9. The summed E-state index contributed by atoms with van der Waals surface area (Å²) in [6, 6.07) is 11.4. The largest absolute Gasteiger partial charge is 0.481 e. The van der Waals surface area contributed by atoms with Gasteiger partial charge in [-0.05, 0) is 43.3 Å². The van der Waals surface area contributed by atoms with Gasteiger partial charge < -0.3 is 14.5 Å². The molecule has 3 aromatic rings. The van der Waals surface area contributed by atoms with Crippen LogP contribution < -0.4 is 10.1 Å². The average molecular weight is 391 g/mol. The molecule has 0 radical (unpaired) electrons. The number of hydrogen-bond donors (Lipinski definition) is 1. The highest BCUT2D eigenvalue weighted by molar-refractivity contribution is 7.99. The third-order valence-electron chi connectivity index (χ3n) is 3.37. The number of para-hydroxylation sites is 1. The van der Waals surface area contributed by atoms with Gasteiger partial charge in [0.1, 0.15) is 17.4 Å². The van der Waals surface area contributed by atoms with Crippen molar-refractivity contribution in [2.45, 2.75) is 18.3 Å². The van der Waals surface area contributed by atoms with Gasteiger partial charge in [-0.25, -0.2) is 8.78 Å². The number of benzene rings is 2. The van der Waals surface area contributed by atoms with Crippen molar-refractivity contribution in [3.63, 3.8) is 0 Å². The number of hydrogen-bond acceptors (Lipinski definition) is 6. The molecule has 6 nitrogen and oxygen atoms in total. The minimum absolute atomic E-state index is 0.0246. The smallest absolute Gasteiger partial charge is 0.277 e. The van der Waals surface area contributed by atoms with Crippen LogP contribution in [-0.4, -0.2) is 21.9 Å². The minimum Gasteiger partial charge on any atom is -0.481 e. The molecule has 0 saturated carbocycles. The quantitative estimate of drug-likeness (QED) is 0.608. The lowest BCUT2D eigenvalue weighted by Crippen LogP contribution is -2.14. The zero-order valence-electron chi connectivity index (χ0n) is 14.2. The summed E-state index contributed by atoms with van der Waals surface area (Å²) >= 11 is 1.02. The maximum absolute atomic E-state index is 13.5. The Balaban J connectivity index is 1.52. The molecule has 2 aromatic carbocycles. The molecule has 0 aliphatic carbocycles. The van der Waals surface area contributed by atoms with Crippen LogP contribution in [0.15, 0.2) is 58.2 Å². The van der Waals surface area contributed by atoms with E-state index >= 15 is 0 Å². The molecule has 3 rings (SSSR count). The molecule has 0 saturated heterocycles. The average Bonchev–Trinajstić information content (AvgIpc) is 3.13. The van der Waals surface area contributed by atoms with Gasteiger partial charge in [0.05, 0.1) is 11.4 Å². The van der Waals surface area contributed by atoms with Gasteiger partial charge in [-0.2, -0.15) is 0 Å². The summed E-state index contributed by atoms with van der Waals surface area (Å²) in [5.41, 5.74) is 0.107. The fraction of sp³-hybridized carbons (Fsp3) is 0.167. The SMILES string of the molecule is C[C@H](Oc1ccc(F)cc1)c1nnc(SCC(=O)Nc2ccccc2F)o1. The number of aromatic nitrogens is 2. The van der Waals surface area contributed by atoms with Crippen molar-refractivity contribution in [3.8, 4) is 5.75 Å². The highest BCUT2D eigenvalue weighted by Crippen LogP contribution is 2.24. The minimum atomic E-state index is -0.551. The second-order valence-electron chi connectivity index (χ2n) is 5.44. The van der Waals surface area contributed by atoms with E-state index in [9.17, 15) is 13.6 Å². The first-order valence-corrected chi connectivity index (χ1v) is 8.92. The van der Waals surface area contributed by atoms with E-state index in [1.165, 1.54) is 42.5 Å². The lowest BCUT2D eigenvalue weighted by molar-refractivity contribution is -0.113. The highest BCUT2D eigenvalue weighted by atomic mass is 32.2. The molecule has 140 valence electrons. The van der Waals surface area contributed by atoms with Gasteiger partial charge >= 0.3 is 0 Å². The lowest BCUT2D eigenvalue weighted by Gasteiger charge is -2.10. The summed E-state index contributed by atoms with van der Waals surface area (Å²) in [5.74, 6) is -0.622. The molecule has 1 amide bonds. The Bertz CT molecular complexity index is 918. The zero-order valence-corrected chi connectivity index (χ0v) is 15.0. The molecule has 0 spiro atoms. The summed E-state index contributed by atoms with van der Waals surface area (Å²) in [6.07, 6.45) is -0.551. The van der Waals surface area contributed by atoms with Crippen molar-refractivity contribution >= 4 is 23.4 Å². The van der Waals surface area contributed by atoms with Crippen molar-refractivity contribution in [3.05, 3.63) is 66.1 Å². The van der Waals surface area contributed by atoms with E-state index in [1.54, 1.807) is 13.0 Å². The van der Waals surface area contributed by atoms with Crippen LogP contribution >= 0.6 is 11.8 Å². The molecule has 0 bridgehead atoms. The molecule has 0 unspecified atom stereocenters. The summed E-state index contributed by atoms with van der Waals surface area (Å²) in [7, 11) is 0. The first kappa shape index (κ1) is 18.8. The van der Waals surface area contributed by atoms with Crippen molar-refractivity contribution in [2.24, 2.45) is 0 Å². The first-order chi connectivity index (χ1) is 13.0. The van der Waals surface area contributed by atoms with Crippen LogP contribution in [0.5, 0.6) is 5.75 Å². The van der Waals surface area contributed by atoms with Crippen LogP contribution in [0.25, 0.3) is 0 Å². The van der Waals surface area contributed by atoms with Gasteiger partial charge in [0.2, 0.25) is 5.91 Å². The zero-order chi connectivity index (χ0) is 19.2. The molecule has 0 fully saturated rings. The second kappa shape index (κ2) is 8.63. The Kier molecular flexibility index (Phi) is 6.02. The number of nitrogens with zero attached hydrogens (tertiary/aromatic N) is 2. The maximum Gasteiger partial charge on any atom is 0.277 e. The number of thioether (sulfide) groups is 1. The van der Waals surface area contributed by atoms with Crippen molar-refractivity contribution in [2.75, 3.05) is 11.1 Å². The number of carbonyl (C=O) groups is 1. The highest BCUT2D eigenvalue weighted by Gasteiger charge is 2.17. The molecular formula is C18H15F2N3O3S. The Morgan fingerprint density at radius 3 is 2.67 bits per heavy atom. The number of rotatable bonds is 7. The Morgan fingerprint density at radius 2 is 1.93 bits per heavy atom. The predicted molar refractivity (Wildman–Crippen MR) is 95.5 cm³/mol. The number of carbonyl (C=O) groups excluding carboxylic acids is 1. The molecule has 1 N–H and O–H groups in total. The normalized spacial score (nSPS) is 11.8. The van der Waals surface area contributed by atoms with E-state index in [4.69, 9.17) is 9.15 Å². The van der Waals surface area contributed by atoms with Crippen molar-refractivity contribution in [1.29, 1.82) is 0 Å². The molecule has 0 aliphatic rings. The molecule has 1 aromatic heterocycles. The van der Waals surface area contributed by atoms with E-state index in [2.05, 4.69) is 15.5 Å². The van der Waals surface area contributed by atoms with Gasteiger partial charge in [-0.15, -0.1) is 10.2 Å². The summed E-state index contributed by atoms with van der Waals surface area (Å²) in [6.45, 7) is 1.70. The van der Waals surface area contributed by atoms with Crippen LogP contribution in [0, 0.1) is 11.6 Å². The predicted octanol–water partition coefficient (Wildman–Crippen LogP) is 4.22. The topological polar surface area (TPSA) is 77.2 Å². The third kappa shape index (κ3) is 5.27. The standard InChI is InChI=1S/C18H15F2N3O3S/c1-11(25-13-8-6-12(19)7-9-13)17-22-23-18(26-17)27-10-16(24)21-15-5-3-2-4-14(15)20/h2-9,11H,10H2,1H3,(H,21,24)/t11-/m0/s1. The molecule has 1 heterocycles. The van der Waals surface area contributed by atoms with E-state index in [-0.39, 0.29) is 28.4 Å². The Labute approximate surface area is 157 Å². The number of halogens is 2. The molecular weight excluding hydrogens is 376 g/mol. The number of amides is 1. The first-order valence-electron chi connectivity index (χ1n) is 7.94. The summed E-state index contributed by atoms with van der Waals surface area (Å²) < 4.78 is 37.5. The van der Waals surface area contributed by atoms with Gasteiger partial charge in [0, 0.05) is 0 Å². The second-order valence-corrected chi connectivity index (χ2v) is 6.36. The van der Waals surface area contributed by atoms with E-state index in [0.29, 0.717) is 5.75 Å². The fourth-order valence-corrected chi connectivity index (χ4v) is 2.66. The fourth-order valence-electron chi connectivity index (χ4n) is 2.09. The molecule has 1 atom stereocenters. The van der Waals surface area contributed by atoms with Crippen LogP contribution in [-0.2, 0) is 4.79 Å². The molecule has 9 heteroatoms. The number of anilines is 1. The number of nitrogens with one attached hydrogen (secondary N) is 1. The van der Waals surface area contributed by atoms with Crippen LogP contribution in [0.3, 0.4) is 0 Å². The third-order valence-corrected chi connectivity index (χ3v) is 4.19. The monoisotopic (exact) mass is 391 g/mol. The van der Waals surface area contributed by atoms with Gasteiger partial charge in [-0.1, -0.05) is 23.9 Å². The van der Waals surface area contributed by atoms with Crippen LogP contribution in [0.2, 0.25) is 0 Å². The Morgan fingerprint density at radius 1 is 1.19 bits per heavy atom. The Hall–Kier alpha value is -2.94. The van der Waals surface area contributed by atoms with Crippen molar-refractivity contribution in [1.82, 2.24) is 10.2 Å². The molecule has 0 aliphatic heterocycles. The van der Waals surface area contributed by atoms with Gasteiger partial charge in [0.25, 0.3) is 11.1 Å². The van der Waals surface area contributed by atoms with E-state index in [1.807, 2.05) is 0 Å². The summed E-state index contributed by atoms with van der Waals surface area (Å²) in [5, 5.41) is 10.4. The van der Waals surface area contributed by atoms with E-state index in [0.717, 1.165) is 11.8 Å². The van der Waals surface area contributed by atoms with Crippen LogP contribution in [0.1, 0.15) is 18.9 Å². The van der Waals surface area contributed by atoms with Gasteiger partial charge in [0.15, 0.2) is 6.10 Å². The lowest BCUT2D eigenvalue weighted by atomic mass is 10.3. The molecule has 27 heavy (non-hydrogen) atoms. The van der Waals surface area contributed by atoms with Gasteiger partial charge in [-0.3, -0.25) is 4.79 Å². The number of ether oxygens (including phenoxy) is 1. The van der Waals surface area contributed by atoms with Crippen LogP contribution in [0.4, 0.5) is 14.5 Å².